The standard InChI is InChI=1S/C15H7ClF3NO2S/c16-13-10(22-9-4-7(6-20)3-8(17)5-9)1-2-11-12(13)14(21)15(18,19)23-11/h1-5,14,21H. The van der Waals surface area contributed by atoms with Gasteiger partial charge in [0.15, 0.2) is 6.10 Å². The lowest BCUT2D eigenvalue weighted by Gasteiger charge is -2.14. The van der Waals surface area contributed by atoms with E-state index in [4.69, 9.17) is 21.6 Å². The van der Waals surface area contributed by atoms with Gasteiger partial charge in [-0.15, -0.1) is 0 Å². The lowest BCUT2D eigenvalue weighted by atomic mass is 10.1. The van der Waals surface area contributed by atoms with Crippen LogP contribution < -0.4 is 4.74 Å². The normalized spacial score (nSPS) is 18.3. The SMILES string of the molecule is N#Cc1cc(F)cc(Oc2ccc3c(c2Cl)C(O)C(F)(F)S3)c1. The molecule has 0 saturated carbocycles. The van der Waals surface area contributed by atoms with E-state index < -0.39 is 17.2 Å². The van der Waals surface area contributed by atoms with Crippen molar-refractivity contribution < 1.29 is 23.0 Å². The van der Waals surface area contributed by atoms with Crippen molar-refractivity contribution in [3.05, 3.63) is 52.3 Å². The van der Waals surface area contributed by atoms with Gasteiger partial charge in [0.2, 0.25) is 0 Å². The zero-order valence-electron chi connectivity index (χ0n) is 11.2. The van der Waals surface area contributed by atoms with Gasteiger partial charge in [0, 0.05) is 16.5 Å². The van der Waals surface area contributed by atoms with E-state index in [-0.39, 0.29) is 44.3 Å². The van der Waals surface area contributed by atoms with Gasteiger partial charge in [-0.25, -0.2) is 4.39 Å². The Morgan fingerprint density at radius 2 is 2.04 bits per heavy atom. The Balaban J connectivity index is 2.00. The molecule has 2 aromatic carbocycles. The first-order valence-corrected chi connectivity index (χ1v) is 7.47. The Labute approximate surface area is 138 Å². The molecule has 2 aromatic rings. The molecule has 3 rings (SSSR count). The molecule has 3 nitrogen and oxygen atoms in total. The van der Waals surface area contributed by atoms with Crippen LogP contribution in [-0.2, 0) is 0 Å². The predicted molar refractivity (Wildman–Crippen MR) is 78.4 cm³/mol. The van der Waals surface area contributed by atoms with E-state index in [0.717, 1.165) is 12.1 Å². The van der Waals surface area contributed by atoms with Crippen LogP contribution in [0.4, 0.5) is 13.2 Å². The fourth-order valence-corrected chi connectivity index (χ4v) is 3.51. The van der Waals surface area contributed by atoms with E-state index in [1.54, 1.807) is 6.07 Å². The van der Waals surface area contributed by atoms with E-state index in [0.29, 0.717) is 0 Å². The van der Waals surface area contributed by atoms with Crippen LogP contribution in [-0.4, -0.2) is 10.4 Å². The van der Waals surface area contributed by atoms with Crippen molar-refractivity contribution in [1.29, 1.82) is 5.26 Å². The minimum atomic E-state index is -3.38. The molecule has 1 atom stereocenters. The molecule has 0 aromatic heterocycles. The van der Waals surface area contributed by atoms with E-state index >= 15 is 0 Å². The number of aliphatic hydroxyl groups is 1. The number of nitriles is 1. The number of alkyl halides is 2. The third-order valence-corrected chi connectivity index (χ3v) is 4.63. The van der Waals surface area contributed by atoms with Crippen molar-refractivity contribution in [3.8, 4) is 17.6 Å². The molecule has 1 aliphatic heterocycles. The lowest BCUT2D eigenvalue weighted by Crippen LogP contribution is -2.16. The monoisotopic (exact) mass is 357 g/mol. The van der Waals surface area contributed by atoms with Gasteiger partial charge < -0.3 is 9.84 Å². The average molecular weight is 358 g/mol. The smallest absolute Gasteiger partial charge is 0.327 e. The average Bonchev–Trinajstić information content (AvgIpc) is 2.72. The molecule has 1 unspecified atom stereocenters. The van der Waals surface area contributed by atoms with Crippen LogP contribution in [0.25, 0.3) is 0 Å². The van der Waals surface area contributed by atoms with Gasteiger partial charge in [0.05, 0.1) is 16.7 Å². The quantitative estimate of drug-likeness (QED) is 0.832. The van der Waals surface area contributed by atoms with Gasteiger partial charge >= 0.3 is 5.25 Å². The van der Waals surface area contributed by atoms with Crippen LogP contribution in [0.2, 0.25) is 5.02 Å². The van der Waals surface area contributed by atoms with E-state index in [9.17, 15) is 18.3 Å². The Morgan fingerprint density at radius 1 is 1.30 bits per heavy atom. The van der Waals surface area contributed by atoms with Gasteiger partial charge in [-0.2, -0.15) is 14.0 Å². The number of aliphatic hydroxyl groups excluding tert-OH is 1. The number of fused-ring (bicyclic) bond motifs is 1. The molecule has 1 aliphatic rings. The highest BCUT2D eigenvalue weighted by molar-refractivity contribution is 8.00. The Bertz CT molecular complexity index is 838. The summed E-state index contributed by atoms with van der Waals surface area (Å²) < 4.78 is 45.9. The van der Waals surface area contributed by atoms with Gasteiger partial charge in [-0.05, 0) is 36.0 Å². The van der Waals surface area contributed by atoms with Crippen molar-refractivity contribution in [1.82, 2.24) is 0 Å². The summed E-state index contributed by atoms with van der Waals surface area (Å²) in [6.07, 6.45) is -2.05. The molecular weight excluding hydrogens is 351 g/mol. The van der Waals surface area contributed by atoms with Crippen molar-refractivity contribution in [3.63, 3.8) is 0 Å². The molecule has 0 spiro atoms. The molecule has 0 radical (unpaired) electrons. The van der Waals surface area contributed by atoms with E-state index in [1.165, 1.54) is 18.2 Å². The predicted octanol–water partition coefficient (Wildman–Crippen LogP) is 4.87. The molecule has 1 heterocycles. The first-order valence-electron chi connectivity index (χ1n) is 6.27. The summed E-state index contributed by atoms with van der Waals surface area (Å²) in [7, 11) is 0. The summed E-state index contributed by atoms with van der Waals surface area (Å²) in [6.45, 7) is 0. The number of rotatable bonds is 2. The van der Waals surface area contributed by atoms with Gasteiger partial charge in [0.1, 0.15) is 17.3 Å². The molecule has 0 fully saturated rings. The number of hydrogen-bond donors (Lipinski definition) is 1. The number of ether oxygens (including phenoxy) is 1. The summed E-state index contributed by atoms with van der Waals surface area (Å²) >= 11 is 6.26. The maximum Gasteiger partial charge on any atom is 0.327 e. The number of hydrogen-bond acceptors (Lipinski definition) is 4. The molecule has 118 valence electrons. The van der Waals surface area contributed by atoms with E-state index in [1.807, 2.05) is 0 Å². The highest BCUT2D eigenvalue weighted by Gasteiger charge is 2.49. The summed E-state index contributed by atoms with van der Waals surface area (Å²) in [5, 5.41) is 14.9. The van der Waals surface area contributed by atoms with E-state index in [2.05, 4.69) is 0 Å². The second-order valence-electron chi connectivity index (χ2n) is 4.75. The molecule has 0 amide bonds. The zero-order valence-corrected chi connectivity index (χ0v) is 12.8. The van der Waals surface area contributed by atoms with Crippen LogP contribution in [0.1, 0.15) is 17.2 Å². The topological polar surface area (TPSA) is 53.2 Å². The highest BCUT2D eigenvalue weighted by Crippen LogP contribution is 2.57. The summed E-state index contributed by atoms with van der Waals surface area (Å²) in [4.78, 5) is 0.150. The zero-order chi connectivity index (χ0) is 16.8. The minimum Gasteiger partial charge on any atom is -0.456 e. The molecule has 0 saturated heterocycles. The largest absolute Gasteiger partial charge is 0.456 e. The van der Waals surface area contributed by atoms with Gasteiger partial charge in [-0.3, -0.25) is 0 Å². The van der Waals surface area contributed by atoms with Crippen LogP contribution in [0.5, 0.6) is 11.5 Å². The summed E-state index contributed by atoms with van der Waals surface area (Å²) in [6, 6.07) is 7.80. The van der Waals surface area contributed by atoms with Crippen molar-refractivity contribution >= 4 is 23.4 Å². The second-order valence-corrected chi connectivity index (χ2v) is 6.31. The molecule has 8 heteroatoms. The third kappa shape index (κ3) is 2.85. The van der Waals surface area contributed by atoms with Crippen LogP contribution in [0.3, 0.4) is 0 Å². The van der Waals surface area contributed by atoms with Crippen molar-refractivity contribution in [2.75, 3.05) is 0 Å². The summed E-state index contributed by atoms with van der Waals surface area (Å²) in [5.74, 6) is -0.703. The maximum absolute atomic E-state index is 13.5. The molecule has 1 N–H and O–H groups in total. The second kappa shape index (κ2) is 5.64. The maximum atomic E-state index is 13.5. The Morgan fingerprint density at radius 3 is 2.74 bits per heavy atom. The number of thioether (sulfide) groups is 1. The number of nitrogens with zero attached hydrogens (tertiary/aromatic N) is 1. The third-order valence-electron chi connectivity index (χ3n) is 3.17. The van der Waals surface area contributed by atoms with Crippen LogP contribution in [0, 0.1) is 17.1 Å². The fraction of sp³-hybridized carbons (Fsp3) is 0.133. The highest BCUT2D eigenvalue weighted by atomic mass is 35.5. The summed E-state index contributed by atoms with van der Waals surface area (Å²) in [5.41, 5.74) is -0.0875. The van der Waals surface area contributed by atoms with Crippen molar-refractivity contribution in [2.24, 2.45) is 0 Å². The molecule has 0 bridgehead atoms. The number of benzene rings is 2. The van der Waals surface area contributed by atoms with Gasteiger partial charge in [0.25, 0.3) is 0 Å². The first kappa shape index (κ1) is 16.0. The van der Waals surface area contributed by atoms with Gasteiger partial charge in [-0.1, -0.05) is 11.6 Å². The minimum absolute atomic E-state index is 0.00435. The molecular formula is C15H7ClF3NO2S. The van der Waals surface area contributed by atoms with Crippen LogP contribution in [0.15, 0.2) is 35.2 Å². The van der Waals surface area contributed by atoms with Crippen LogP contribution >= 0.6 is 23.4 Å². The fourth-order valence-electron chi connectivity index (χ4n) is 2.16. The molecule has 0 aliphatic carbocycles. The van der Waals surface area contributed by atoms with Crippen molar-refractivity contribution in [2.45, 2.75) is 16.3 Å². The first-order chi connectivity index (χ1) is 10.8. The number of halogens is 4. The Kier molecular flexibility index (Phi) is 3.92. The molecule has 23 heavy (non-hydrogen) atoms. The lowest BCUT2D eigenvalue weighted by molar-refractivity contribution is -0.0310. The Hall–Kier alpha value is -1.88.